The van der Waals surface area contributed by atoms with Gasteiger partial charge in [0.15, 0.2) is 0 Å². The Bertz CT molecular complexity index is 774. The van der Waals surface area contributed by atoms with Crippen LogP contribution in [0.15, 0.2) is 42.5 Å². The first-order valence-corrected chi connectivity index (χ1v) is 9.22. The summed E-state index contributed by atoms with van der Waals surface area (Å²) in [5, 5.41) is 13.1. The van der Waals surface area contributed by atoms with E-state index in [0.29, 0.717) is 27.1 Å². The Morgan fingerprint density at radius 1 is 1.29 bits per heavy atom. The van der Waals surface area contributed by atoms with Gasteiger partial charge in [-0.15, -0.1) is 11.8 Å². The highest BCUT2D eigenvalue weighted by Crippen LogP contribution is 2.26. The number of nitrogens with one attached hydrogen (secondary N) is 1. The van der Waals surface area contributed by atoms with Gasteiger partial charge in [0.1, 0.15) is 0 Å². The number of thioether (sulfide) groups is 1. The Morgan fingerprint density at radius 3 is 2.75 bits per heavy atom. The van der Waals surface area contributed by atoms with Crippen LogP contribution in [0.3, 0.4) is 0 Å². The maximum Gasteiger partial charge on any atom is 0.230 e. The van der Waals surface area contributed by atoms with E-state index < -0.39 is 0 Å². The number of carbonyl (C=O) groups excluding carboxylic acids is 1. The Morgan fingerprint density at radius 2 is 2.04 bits per heavy atom. The average Bonchev–Trinajstić information content (AvgIpc) is 2.55. The first-order chi connectivity index (χ1) is 11.5. The highest BCUT2D eigenvalue weighted by atomic mass is 35.5. The van der Waals surface area contributed by atoms with E-state index in [0.717, 1.165) is 11.1 Å². The molecule has 1 atom stereocenters. The Kier molecular flexibility index (Phi) is 6.99. The van der Waals surface area contributed by atoms with Crippen molar-refractivity contribution in [3.05, 3.63) is 69.2 Å². The maximum atomic E-state index is 12.1. The van der Waals surface area contributed by atoms with E-state index in [1.807, 2.05) is 31.2 Å². The molecule has 1 amide bonds. The molecule has 2 rings (SSSR count). The largest absolute Gasteiger partial charge is 0.349 e. The molecule has 0 aliphatic carbocycles. The van der Waals surface area contributed by atoms with Gasteiger partial charge in [-0.1, -0.05) is 47.5 Å². The number of hydrogen-bond acceptors (Lipinski definition) is 3. The number of halogens is 2. The number of benzene rings is 2. The van der Waals surface area contributed by atoms with E-state index in [-0.39, 0.29) is 11.9 Å². The summed E-state index contributed by atoms with van der Waals surface area (Å²) in [6.45, 7) is 1.88. The molecule has 2 aromatic carbocycles. The minimum Gasteiger partial charge on any atom is -0.349 e. The van der Waals surface area contributed by atoms with Gasteiger partial charge in [-0.2, -0.15) is 5.26 Å². The number of rotatable bonds is 6. The van der Waals surface area contributed by atoms with Gasteiger partial charge in [-0.05, 0) is 36.2 Å². The molecular formula is C18H16Cl2N2OS. The summed E-state index contributed by atoms with van der Waals surface area (Å²) in [6.07, 6.45) is 0. The molecule has 24 heavy (non-hydrogen) atoms. The second kappa shape index (κ2) is 8.98. The Balaban J connectivity index is 1.86. The molecule has 6 heteroatoms. The standard InChI is InChI=1S/C18H16Cl2N2OS/c1-12(16-7-6-15(19)8-17(16)20)22-18(23)11-24-10-14-5-3-2-4-13(14)9-21/h2-8,12H,10-11H2,1H3,(H,22,23)/t12-/m1/s1. The van der Waals surface area contributed by atoms with Crippen molar-refractivity contribution < 1.29 is 4.79 Å². The van der Waals surface area contributed by atoms with Crippen LogP contribution in [-0.4, -0.2) is 11.7 Å². The van der Waals surface area contributed by atoms with Crippen LogP contribution in [0.25, 0.3) is 0 Å². The van der Waals surface area contributed by atoms with Crippen LogP contribution in [-0.2, 0) is 10.5 Å². The molecule has 1 N–H and O–H groups in total. The molecule has 0 aromatic heterocycles. The van der Waals surface area contributed by atoms with Crippen LogP contribution in [0.5, 0.6) is 0 Å². The smallest absolute Gasteiger partial charge is 0.230 e. The van der Waals surface area contributed by atoms with Crippen LogP contribution in [0, 0.1) is 11.3 Å². The monoisotopic (exact) mass is 378 g/mol. The minimum atomic E-state index is -0.200. The van der Waals surface area contributed by atoms with Crippen molar-refractivity contribution in [3.63, 3.8) is 0 Å². The molecular weight excluding hydrogens is 363 g/mol. The van der Waals surface area contributed by atoms with Gasteiger partial charge in [0.05, 0.1) is 23.4 Å². The van der Waals surface area contributed by atoms with Crippen molar-refractivity contribution >= 4 is 40.9 Å². The van der Waals surface area contributed by atoms with Gasteiger partial charge < -0.3 is 5.32 Å². The van der Waals surface area contributed by atoms with E-state index in [2.05, 4.69) is 11.4 Å². The topological polar surface area (TPSA) is 52.9 Å². The second-order valence-corrected chi connectivity index (χ2v) is 7.05. The summed E-state index contributed by atoms with van der Waals surface area (Å²) in [5.41, 5.74) is 2.41. The molecule has 0 aliphatic rings. The highest BCUT2D eigenvalue weighted by Gasteiger charge is 2.13. The van der Waals surface area contributed by atoms with Crippen LogP contribution < -0.4 is 5.32 Å². The van der Waals surface area contributed by atoms with E-state index >= 15 is 0 Å². The quantitative estimate of drug-likeness (QED) is 0.771. The zero-order valence-corrected chi connectivity index (χ0v) is 15.4. The normalized spacial score (nSPS) is 11.6. The first kappa shape index (κ1) is 18.7. The molecule has 0 saturated carbocycles. The van der Waals surface area contributed by atoms with Crippen molar-refractivity contribution in [2.75, 3.05) is 5.75 Å². The molecule has 0 bridgehead atoms. The van der Waals surface area contributed by atoms with Crippen LogP contribution >= 0.6 is 35.0 Å². The van der Waals surface area contributed by atoms with Crippen molar-refractivity contribution in [2.24, 2.45) is 0 Å². The number of nitriles is 1. The maximum absolute atomic E-state index is 12.1. The lowest BCUT2D eigenvalue weighted by Crippen LogP contribution is -2.28. The predicted molar refractivity (Wildman–Crippen MR) is 100 cm³/mol. The van der Waals surface area contributed by atoms with E-state index in [1.54, 1.807) is 18.2 Å². The van der Waals surface area contributed by atoms with Gasteiger partial charge in [-0.25, -0.2) is 0 Å². The van der Waals surface area contributed by atoms with E-state index in [4.69, 9.17) is 28.5 Å². The lowest BCUT2D eigenvalue weighted by Gasteiger charge is -2.16. The zero-order chi connectivity index (χ0) is 17.5. The summed E-state index contributed by atoms with van der Waals surface area (Å²) in [4.78, 5) is 12.1. The molecule has 0 fully saturated rings. The van der Waals surface area contributed by atoms with Gasteiger partial charge in [0, 0.05) is 15.8 Å². The molecule has 124 valence electrons. The van der Waals surface area contributed by atoms with Gasteiger partial charge in [-0.3, -0.25) is 4.79 Å². The minimum absolute atomic E-state index is 0.0760. The molecule has 3 nitrogen and oxygen atoms in total. The number of hydrogen-bond donors (Lipinski definition) is 1. The van der Waals surface area contributed by atoms with Gasteiger partial charge in [0.2, 0.25) is 5.91 Å². The fourth-order valence-corrected chi connectivity index (χ4v) is 3.64. The van der Waals surface area contributed by atoms with Crippen LogP contribution in [0.1, 0.15) is 29.7 Å². The molecule has 0 spiro atoms. The average molecular weight is 379 g/mol. The summed E-state index contributed by atoms with van der Waals surface area (Å²) in [6, 6.07) is 14.6. The third kappa shape index (κ3) is 5.17. The fourth-order valence-electron chi connectivity index (χ4n) is 2.22. The Labute approximate surface area is 156 Å². The molecule has 0 aliphatic heterocycles. The van der Waals surface area contributed by atoms with Crippen LogP contribution in [0.4, 0.5) is 0 Å². The van der Waals surface area contributed by atoms with E-state index in [9.17, 15) is 4.79 Å². The second-order valence-electron chi connectivity index (χ2n) is 5.22. The summed E-state index contributed by atoms with van der Waals surface area (Å²) < 4.78 is 0. The zero-order valence-electron chi connectivity index (χ0n) is 13.1. The van der Waals surface area contributed by atoms with Crippen molar-refractivity contribution in [1.82, 2.24) is 5.32 Å². The van der Waals surface area contributed by atoms with Gasteiger partial charge >= 0.3 is 0 Å². The number of amides is 1. The fraction of sp³-hybridized carbons (Fsp3) is 0.222. The molecule has 0 heterocycles. The molecule has 0 unspecified atom stereocenters. The van der Waals surface area contributed by atoms with Crippen molar-refractivity contribution in [3.8, 4) is 6.07 Å². The molecule has 2 aromatic rings. The number of carbonyl (C=O) groups is 1. The summed E-state index contributed by atoms with van der Waals surface area (Å²) in [7, 11) is 0. The number of nitrogens with zero attached hydrogens (tertiary/aromatic N) is 1. The Hall–Kier alpha value is -1.67. The third-order valence-electron chi connectivity index (χ3n) is 3.44. The lowest BCUT2D eigenvalue weighted by molar-refractivity contribution is -0.119. The van der Waals surface area contributed by atoms with Crippen LogP contribution in [0.2, 0.25) is 10.0 Å². The molecule has 0 saturated heterocycles. The first-order valence-electron chi connectivity index (χ1n) is 7.31. The molecule has 0 radical (unpaired) electrons. The lowest BCUT2D eigenvalue weighted by atomic mass is 10.1. The third-order valence-corrected chi connectivity index (χ3v) is 4.98. The van der Waals surface area contributed by atoms with Crippen molar-refractivity contribution in [2.45, 2.75) is 18.7 Å². The van der Waals surface area contributed by atoms with Crippen molar-refractivity contribution in [1.29, 1.82) is 5.26 Å². The summed E-state index contributed by atoms with van der Waals surface area (Å²) >= 11 is 13.5. The summed E-state index contributed by atoms with van der Waals surface area (Å²) in [5.74, 6) is 0.857. The SMILES string of the molecule is C[C@@H](NC(=O)CSCc1ccccc1C#N)c1ccc(Cl)cc1Cl. The highest BCUT2D eigenvalue weighted by molar-refractivity contribution is 7.99. The van der Waals surface area contributed by atoms with Gasteiger partial charge in [0.25, 0.3) is 0 Å². The predicted octanol–water partition coefficient (Wildman–Crippen LogP) is 4.98. The van der Waals surface area contributed by atoms with E-state index in [1.165, 1.54) is 11.8 Å².